The molecule has 1 heterocycles. The largest absolute Gasteiger partial charge is 0.487 e. The second kappa shape index (κ2) is 4.88. The van der Waals surface area contributed by atoms with Gasteiger partial charge in [0, 0.05) is 11.5 Å². The summed E-state index contributed by atoms with van der Waals surface area (Å²) in [6.45, 7) is 10.0. The Morgan fingerprint density at radius 2 is 1.75 bits per heavy atom. The SMILES string of the molecule is CC.CC1C(O)c2ccccc2OC1(C)C. The summed E-state index contributed by atoms with van der Waals surface area (Å²) in [7, 11) is 0. The molecule has 0 aliphatic carbocycles. The maximum atomic E-state index is 10.1. The van der Waals surface area contributed by atoms with Crippen LogP contribution in [0.15, 0.2) is 24.3 Å². The molecule has 1 N–H and O–H groups in total. The minimum absolute atomic E-state index is 0.109. The molecule has 90 valence electrons. The molecule has 2 heteroatoms. The van der Waals surface area contributed by atoms with Crippen LogP contribution >= 0.6 is 0 Å². The molecule has 1 aliphatic heterocycles. The monoisotopic (exact) mass is 222 g/mol. The lowest BCUT2D eigenvalue weighted by Gasteiger charge is -2.41. The van der Waals surface area contributed by atoms with Gasteiger partial charge in [0.25, 0.3) is 0 Å². The van der Waals surface area contributed by atoms with Gasteiger partial charge in [0.15, 0.2) is 0 Å². The number of aliphatic hydroxyl groups excluding tert-OH is 1. The Balaban J connectivity index is 0.000000606. The zero-order valence-corrected chi connectivity index (χ0v) is 10.8. The Morgan fingerprint density at radius 3 is 2.38 bits per heavy atom. The summed E-state index contributed by atoms with van der Waals surface area (Å²) in [5, 5.41) is 10.1. The molecule has 0 aromatic heterocycles. The Hall–Kier alpha value is -1.02. The molecule has 1 aromatic rings. The number of aliphatic hydroxyl groups is 1. The van der Waals surface area contributed by atoms with Gasteiger partial charge in [-0.25, -0.2) is 0 Å². The molecule has 2 nitrogen and oxygen atoms in total. The Labute approximate surface area is 98.3 Å². The van der Waals surface area contributed by atoms with Gasteiger partial charge in [-0.15, -0.1) is 0 Å². The molecule has 0 fully saturated rings. The maximum absolute atomic E-state index is 10.1. The van der Waals surface area contributed by atoms with E-state index in [9.17, 15) is 5.11 Å². The van der Waals surface area contributed by atoms with Gasteiger partial charge >= 0.3 is 0 Å². The average molecular weight is 222 g/mol. The number of ether oxygens (including phenoxy) is 1. The highest BCUT2D eigenvalue weighted by Crippen LogP contribution is 2.42. The average Bonchev–Trinajstić information content (AvgIpc) is 2.29. The fourth-order valence-corrected chi connectivity index (χ4v) is 1.84. The fraction of sp³-hybridized carbons (Fsp3) is 0.571. The lowest BCUT2D eigenvalue weighted by atomic mass is 9.82. The van der Waals surface area contributed by atoms with E-state index in [4.69, 9.17) is 4.74 Å². The molecule has 16 heavy (non-hydrogen) atoms. The van der Waals surface area contributed by atoms with E-state index in [-0.39, 0.29) is 11.5 Å². The van der Waals surface area contributed by atoms with Crippen LogP contribution in [0.5, 0.6) is 5.75 Å². The summed E-state index contributed by atoms with van der Waals surface area (Å²) < 4.78 is 5.84. The highest BCUT2D eigenvalue weighted by atomic mass is 16.5. The van der Waals surface area contributed by atoms with Crippen molar-refractivity contribution in [3.63, 3.8) is 0 Å². The predicted octanol–water partition coefficient (Wildman–Crippen LogP) is 3.55. The second-order valence-electron chi connectivity index (χ2n) is 4.48. The van der Waals surface area contributed by atoms with Crippen molar-refractivity contribution in [2.75, 3.05) is 0 Å². The van der Waals surface area contributed by atoms with Crippen LogP contribution < -0.4 is 4.74 Å². The first kappa shape index (κ1) is 13.0. The second-order valence-corrected chi connectivity index (χ2v) is 4.48. The third kappa shape index (κ3) is 2.22. The Kier molecular flexibility index (Phi) is 3.98. The van der Waals surface area contributed by atoms with Crippen LogP contribution in [0.25, 0.3) is 0 Å². The molecular formula is C14H22O2. The quantitative estimate of drug-likeness (QED) is 0.727. The fourth-order valence-electron chi connectivity index (χ4n) is 1.84. The first-order valence-electron chi connectivity index (χ1n) is 5.98. The molecule has 2 atom stereocenters. The summed E-state index contributed by atoms with van der Waals surface area (Å²) in [6.07, 6.45) is -0.421. The smallest absolute Gasteiger partial charge is 0.125 e. The molecule has 1 aliphatic rings. The number of benzene rings is 1. The van der Waals surface area contributed by atoms with E-state index in [0.29, 0.717) is 0 Å². The number of hydrogen-bond acceptors (Lipinski definition) is 2. The van der Waals surface area contributed by atoms with Crippen molar-refractivity contribution < 1.29 is 9.84 Å². The number of rotatable bonds is 0. The van der Waals surface area contributed by atoms with Crippen LogP contribution in [0.2, 0.25) is 0 Å². The summed E-state index contributed by atoms with van der Waals surface area (Å²) in [5.74, 6) is 0.917. The molecule has 2 unspecified atom stereocenters. The van der Waals surface area contributed by atoms with Crippen molar-refractivity contribution in [2.24, 2.45) is 5.92 Å². The van der Waals surface area contributed by atoms with Gasteiger partial charge in [-0.1, -0.05) is 39.0 Å². The predicted molar refractivity (Wildman–Crippen MR) is 66.6 cm³/mol. The zero-order valence-electron chi connectivity index (χ0n) is 10.8. The van der Waals surface area contributed by atoms with Gasteiger partial charge in [-0.3, -0.25) is 0 Å². The molecule has 0 bridgehead atoms. The number of para-hydroxylation sites is 1. The van der Waals surface area contributed by atoms with Gasteiger partial charge in [-0.05, 0) is 19.9 Å². The van der Waals surface area contributed by atoms with Crippen molar-refractivity contribution in [3.8, 4) is 5.75 Å². The van der Waals surface area contributed by atoms with E-state index >= 15 is 0 Å². The van der Waals surface area contributed by atoms with Crippen LogP contribution in [-0.2, 0) is 0 Å². The molecule has 0 saturated carbocycles. The van der Waals surface area contributed by atoms with Crippen LogP contribution in [0.3, 0.4) is 0 Å². The first-order valence-corrected chi connectivity index (χ1v) is 5.98. The zero-order chi connectivity index (χ0) is 12.3. The summed E-state index contributed by atoms with van der Waals surface area (Å²) in [6, 6.07) is 7.69. The van der Waals surface area contributed by atoms with Gasteiger partial charge in [0.1, 0.15) is 11.4 Å². The highest BCUT2D eigenvalue weighted by Gasteiger charge is 2.39. The lowest BCUT2D eigenvalue weighted by Crippen LogP contribution is -2.42. The third-order valence-electron chi connectivity index (χ3n) is 3.18. The van der Waals surface area contributed by atoms with E-state index in [2.05, 4.69) is 0 Å². The minimum atomic E-state index is -0.421. The molecule has 0 radical (unpaired) electrons. The van der Waals surface area contributed by atoms with Gasteiger partial charge in [0.2, 0.25) is 0 Å². The van der Waals surface area contributed by atoms with Crippen molar-refractivity contribution in [1.82, 2.24) is 0 Å². The Bertz CT molecular complexity index is 344. The van der Waals surface area contributed by atoms with Crippen LogP contribution in [0.1, 0.15) is 46.3 Å². The van der Waals surface area contributed by atoms with Crippen molar-refractivity contribution in [2.45, 2.75) is 46.3 Å². The molecule has 1 aromatic carbocycles. The van der Waals surface area contributed by atoms with E-state index in [1.165, 1.54) is 0 Å². The van der Waals surface area contributed by atoms with E-state index in [0.717, 1.165) is 11.3 Å². The lowest BCUT2D eigenvalue weighted by molar-refractivity contribution is -0.0448. The van der Waals surface area contributed by atoms with Crippen molar-refractivity contribution in [3.05, 3.63) is 29.8 Å². The van der Waals surface area contributed by atoms with Crippen molar-refractivity contribution >= 4 is 0 Å². The summed E-state index contributed by atoms with van der Waals surface area (Å²) in [4.78, 5) is 0. The van der Waals surface area contributed by atoms with Crippen molar-refractivity contribution in [1.29, 1.82) is 0 Å². The number of hydrogen-bond donors (Lipinski definition) is 1. The van der Waals surface area contributed by atoms with Gasteiger partial charge in [0.05, 0.1) is 6.10 Å². The van der Waals surface area contributed by atoms with E-state index < -0.39 is 6.10 Å². The standard InChI is InChI=1S/C12H16O2.C2H6/c1-8-11(13)9-6-4-5-7-10(9)14-12(8,2)3;1-2/h4-8,11,13H,1-3H3;1-2H3. The van der Waals surface area contributed by atoms with Crippen LogP contribution in [0, 0.1) is 5.92 Å². The van der Waals surface area contributed by atoms with Crippen LogP contribution in [0.4, 0.5) is 0 Å². The van der Waals surface area contributed by atoms with Gasteiger partial charge < -0.3 is 9.84 Å². The van der Waals surface area contributed by atoms with Crippen LogP contribution in [-0.4, -0.2) is 10.7 Å². The molecular weight excluding hydrogens is 200 g/mol. The van der Waals surface area contributed by atoms with E-state index in [1.807, 2.05) is 58.9 Å². The highest BCUT2D eigenvalue weighted by molar-refractivity contribution is 5.38. The molecule has 0 amide bonds. The molecule has 0 saturated heterocycles. The Morgan fingerprint density at radius 1 is 1.19 bits per heavy atom. The minimum Gasteiger partial charge on any atom is -0.487 e. The maximum Gasteiger partial charge on any atom is 0.125 e. The van der Waals surface area contributed by atoms with E-state index in [1.54, 1.807) is 0 Å². The normalized spacial score (nSPS) is 25.9. The third-order valence-corrected chi connectivity index (χ3v) is 3.18. The summed E-state index contributed by atoms with van der Waals surface area (Å²) >= 11 is 0. The summed E-state index contributed by atoms with van der Waals surface area (Å²) in [5.41, 5.74) is 0.604. The topological polar surface area (TPSA) is 29.5 Å². The number of fused-ring (bicyclic) bond motifs is 1. The molecule has 2 rings (SSSR count). The molecule has 0 spiro atoms. The first-order chi connectivity index (χ1) is 7.52. The van der Waals surface area contributed by atoms with Gasteiger partial charge in [-0.2, -0.15) is 0 Å².